The summed E-state index contributed by atoms with van der Waals surface area (Å²) in [4.78, 5) is 6.81. The Morgan fingerprint density at radius 2 is 2.13 bits per heavy atom. The van der Waals surface area contributed by atoms with Gasteiger partial charge in [-0.3, -0.25) is 0 Å². The van der Waals surface area contributed by atoms with Crippen molar-refractivity contribution >= 4 is 17.6 Å². The van der Waals surface area contributed by atoms with E-state index in [2.05, 4.69) is 9.88 Å². The third-order valence-corrected chi connectivity index (χ3v) is 3.46. The molecule has 1 saturated heterocycles. The van der Waals surface area contributed by atoms with Gasteiger partial charge in [-0.1, -0.05) is 0 Å². The lowest BCUT2D eigenvalue weighted by Gasteiger charge is -2.27. The number of pyridine rings is 1. The molecule has 0 saturated carbocycles. The van der Waals surface area contributed by atoms with Crippen LogP contribution in [-0.4, -0.2) is 34.7 Å². The molecular formula is C11H16N2OS. The van der Waals surface area contributed by atoms with E-state index >= 15 is 0 Å². The van der Waals surface area contributed by atoms with Gasteiger partial charge in [0.05, 0.1) is 6.61 Å². The van der Waals surface area contributed by atoms with Crippen LogP contribution in [0, 0.1) is 6.92 Å². The Morgan fingerprint density at radius 1 is 1.40 bits per heavy atom. The van der Waals surface area contributed by atoms with Crippen LogP contribution < -0.4 is 4.90 Å². The van der Waals surface area contributed by atoms with Gasteiger partial charge in [-0.15, -0.1) is 0 Å². The van der Waals surface area contributed by atoms with Gasteiger partial charge >= 0.3 is 0 Å². The molecule has 1 aliphatic heterocycles. The summed E-state index contributed by atoms with van der Waals surface area (Å²) in [7, 11) is 0. The zero-order valence-corrected chi connectivity index (χ0v) is 9.76. The summed E-state index contributed by atoms with van der Waals surface area (Å²) >= 11 is 1.99. The first kappa shape index (κ1) is 10.8. The van der Waals surface area contributed by atoms with Crippen molar-refractivity contribution in [2.24, 2.45) is 0 Å². The van der Waals surface area contributed by atoms with E-state index in [-0.39, 0.29) is 6.61 Å². The standard InChI is InChI=1S/C11H16N2OS/c1-9-6-10(8-14)7-11(12-9)13-2-4-15-5-3-13/h6-7,14H,2-5,8H2,1H3. The predicted octanol–water partition coefficient (Wildman–Crippen LogP) is 1.44. The summed E-state index contributed by atoms with van der Waals surface area (Å²) in [6, 6.07) is 3.92. The topological polar surface area (TPSA) is 36.4 Å². The number of thioether (sulfide) groups is 1. The predicted molar refractivity (Wildman–Crippen MR) is 64.4 cm³/mol. The van der Waals surface area contributed by atoms with Crippen LogP contribution in [0.5, 0.6) is 0 Å². The molecule has 0 aliphatic carbocycles. The molecule has 1 aromatic rings. The van der Waals surface area contributed by atoms with Gasteiger partial charge in [0.1, 0.15) is 5.82 Å². The van der Waals surface area contributed by atoms with Crippen molar-refractivity contribution < 1.29 is 5.11 Å². The maximum Gasteiger partial charge on any atom is 0.129 e. The quantitative estimate of drug-likeness (QED) is 0.824. The molecule has 3 nitrogen and oxygen atoms in total. The number of hydrogen-bond acceptors (Lipinski definition) is 4. The van der Waals surface area contributed by atoms with Crippen molar-refractivity contribution in [3.05, 3.63) is 23.4 Å². The van der Waals surface area contributed by atoms with Crippen LogP contribution in [0.2, 0.25) is 0 Å². The van der Waals surface area contributed by atoms with Crippen molar-refractivity contribution in [3.63, 3.8) is 0 Å². The smallest absolute Gasteiger partial charge is 0.129 e. The van der Waals surface area contributed by atoms with E-state index in [0.717, 1.165) is 30.2 Å². The van der Waals surface area contributed by atoms with Gasteiger partial charge in [0.25, 0.3) is 0 Å². The third kappa shape index (κ3) is 2.63. The fraction of sp³-hybridized carbons (Fsp3) is 0.545. The first-order chi connectivity index (χ1) is 7.29. The second-order valence-electron chi connectivity index (χ2n) is 3.73. The monoisotopic (exact) mass is 224 g/mol. The number of hydrogen-bond donors (Lipinski definition) is 1. The van der Waals surface area contributed by atoms with Crippen LogP contribution in [0.15, 0.2) is 12.1 Å². The zero-order valence-electron chi connectivity index (χ0n) is 8.94. The molecule has 0 unspecified atom stereocenters. The molecule has 1 fully saturated rings. The van der Waals surface area contributed by atoms with Gasteiger partial charge in [0, 0.05) is 30.3 Å². The minimum atomic E-state index is 0.0962. The summed E-state index contributed by atoms with van der Waals surface area (Å²) in [5.74, 6) is 3.35. The zero-order chi connectivity index (χ0) is 10.7. The van der Waals surface area contributed by atoms with Gasteiger partial charge in [0.15, 0.2) is 0 Å². The largest absolute Gasteiger partial charge is 0.392 e. The van der Waals surface area contributed by atoms with Crippen molar-refractivity contribution in [3.8, 4) is 0 Å². The number of aliphatic hydroxyl groups excluding tert-OH is 1. The summed E-state index contributed by atoms with van der Waals surface area (Å²) < 4.78 is 0. The minimum absolute atomic E-state index is 0.0962. The molecule has 4 heteroatoms. The van der Waals surface area contributed by atoms with E-state index < -0.39 is 0 Å². The Morgan fingerprint density at radius 3 is 2.80 bits per heavy atom. The highest BCUT2D eigenvalue weighted by Gasteiger charge is 2.12. The van der Waals surface area contributed by atoms with E-state index in [9.17, 15) is 0 Å². The summed E-state index contributed by atoms with van der Waals surface area (Å²) in [6.07, 6.45) is 0. The number of aromatic nitrogens is 1. The second-order valence-corrected chi connectivity index (χ2v) is 4.96. The van der Waals surface area contributed by atoms with Crippen LogP contribution in [0.25, 0.3) is 0 Å². The molecule has 82 valence electrons. The molecule has 0 aromatic carbocycles. The molecular weight excluding hydrogens is 208 g/mol. The fourth-order valence-electron chi connectivity index (χ4n) is 1.77. The van der Waals surface area contributed by atoms with Crippen LogP contribution in [-0.2, 0) is 6.61 Å². The highest BCUT2D eigenvalue weighted by Crippen LogP contribution is 2.19. The van der Waals surface area contributed by atoms with Crippen molar-refractivity contribution in [1.82, 2.24) is 4.98 Å². The van der Waals surface area contributed by atoms with Crippen LogP contribution in [0.4, 0.5) is 5.82 Å². The van der Waals surface area contributed by atoms with Crippen molar-refractivity contribution in [1.29, 1.82) is 0 Å². The molecule has 1 aromatic heterocycles. The van der Waals surface area contributed by atoms with Gasteiger partial charge in [-0.05, 0) is 24.6 Å². The average Bonchev–Trinajstić information content (AvgIpc) is 2.29. The molecule has 1 N–H and O–H groups in total. The van der Waals surface area contributed by atoms with E-state index in [1.54, 1.807) is 0 Å². The number of anilines is 1. The Bertz CT molecular complexity index is 337. The molecule has 15 heavy (non-hydrogen) atoms. The molecule has 0 radical (unpaired) electrons. The Kier molecular flexibility index (Phi) is 3.49. The second kappa shape index (κ2) is 4.86. The Balaban J connectivity index is 2.22. The first-order valence-electron chi connectivity index (χ1n) is 5.21. The third-order valence-electron chi connectivity index (χ3n) is 2.52. The summed E-state index contributed by atoms with van der Waals surface area (Å²) in [6.45, 7) is 4.19. The van der Waals surface area contributed by atoms with Crippen LogP contribution in [0.3, 0.4) is 0 Å². The number of rotatable bonds is 2. The SMILES string of the molecule is Cc1cc(CO)cc(N2CCSCC2)n1. The summed E-state index contributed by atoms with van der Waals surface area (Å²) in [5.41, 5.74) is 1.94. The van der Waals surface area contributed by atoms with Crippen LogP contribution >= 0.6 is 11.8 Å². The van der Waals surface area contributed by atoms with Gasteiger partial charge in [-0.2, -0.15) is 11.8 Å². The number of aryl methyl sites for hydroxylation is 1. The van der Waals surface area contributed by atoms with Gasteiger partial charge in [-0.25, -0.2) is 4.98 Å². The Hall–Kier alpha value is -0.740. The molecule has 2 rings (SSSR count). The first-order valence-corrected chi connectivity index (χ1v) is 6.36. The molecule has 0 amide bonds. The minimum Gasteiger partial charge on any atom is -0.392 e. The highest BCUT2D eigenvalue weighted by atomic mass is 32.2. The molecule has 0 bridgehead atoms. The van der Waals surface area contributed by atoms with E-state index in [1.807, 2.05) is 30.8 Å². The number of nitrogens with zero attached hydrogens (tertiary/aromatic N) is 2. The van der Waals surface area contributed by atoms with Crippen LogP contribution in [0.1, 0.15) is 11.3 Å². The lowest BCUT2D eigenvalue weighted by molar-refractivity contribution is 0.281. The van der Waals surface area contributed by atoms with Gasteiger partial charge < -0.3 is 10.0 Å². The molecule has 0 atom stereocenters. The number of aliphatic hydroxyl groups is 1. The van der Waals surface area contributed by atoms with E-state index in [1.165, 1.54) is 11.5 Å². The average molecular weight is 224 g/mol. The lowest BCUT2D eigenvalue weighted by atomic mass is 10.2. The van der Waals surface area contributed by atoms with Gasteiger partial charge in [0.2, 0.25) is 0 Å². The highest BCUT2D eigenvalue weighted by molar-refractivity contribution is 7.99. The Labute approximate surface area is 94.5 Å². The normalized spacial score (nSPS) is 16.8. The fourth-order valence-corrected chi connectivity index (χ4v) is 2.67. The molecule has 0 spiro atoms. The molecule has 1 aliphatic rings. The lowest BCUT2D eigenvalue weighted by Crippen LogP contribution is -2.33. The maximum absolute atomic E-state index is 9.13. The maximum atomic E-state index is 9.13. The van der Waals surface area contributed by atoms with E-state index in [0.29, 0.717) is 0 Å². The molecule has 2 heterocycles. The van der Waals surface area contributed by atoms with Crippen molar-refractivity contribution in [2.45, 2.75) is 13.5 Å². The van der Waals surface area contributed by atoms with E-state index in [4.69, 9.17) is 5.11 Å². The van der Waals surface area contributed by atoms with Crippen molar-refractivity contribution in [2.75, 3.05) is 29.5 Å². The summed E-state index contributed by atoms with van der Waals surface area (Å²) in [5, 5.41) is 9.13.